The average molecular weight is 316 g/mol. The number of urea groups is 1. The van der Waals surface area contributed by atoms with Crippen LogP contribution < -0.4 is 4.90 Å². The van der Waals surface area contributed by atoms with Crippen LogP contribution in [0.4, 0.5) is 10.6 Å². The highest BCUT2D eigenvalue weighted by atomic mass is 16.2. The van der Waals surface area contributed by atoms with Crippen LogP contribution in [0, 0.1) is 0 Å². The van der Waals surface area contributed by atoms with E-state index in [1.165, 1.54) is 11.1 Å². The fraction of sp³-hybridized carbons (Fsp3) is 0.643. The van der Waals surface area contributed by atoms with Gasteiger partial charge in [0.2, 0.25) is 0 Å². The van der Waals surface area contributed by atoms with Gasteiger partial charge in [-0.2, -0.15) is 0 Å². The minimum Gasteiger partial charge on any atom is -0.352 e. The summed E-state index contributed by atoms with van der Waals surface area (Å²) >= 11 is 0. The number of aromatic nitrogens is 5. The standard InChI is InChI=1S/C14H20N8O/c23-14(20-6-2-1-3-7-20)21-10-8-19(9-11-21)13-5-4-12-15-17-18-22(12)16-13/h4-5H,1-3,6-11H2. The molecule has 4 rings (SSSR count). The number of piperazine rings is 1. The SMILES string of the molecule is O=C(N1CCCCC1)N1CCN(c2ccc3nnnn3n2)CC1. The molecule has 9 nitrogen and oxygen atoms in total. The van der Waals surface area contributed by atoms with Gasteiger partial charge in [0.1, 0.15) is 0 Å². The predicted octanol–water partition coefficient (Wildman–Crippen LogP) is 0.247. The smallest absolute Gasteiger partial charge is 0.320 e. The minimum absolute atomic E-state index is 0.188. The summed E-state index contributed by atoms with van der Waals surface area (Å²) in [5.74, 6) is 0.842. The van der Waals surface area contributed by atoms with Gasteiger partial charge in [0.15, 0.2) is 11.5 Å². The lowest BCUT2D eigenvalue weighted by atomic mass is 10.1. The van der Waals surface area contributed by atoms with Crippen LogP contribution in [0.5, 0.6) is 0 Å². The van der Waals surface area contributed by atoms with Gasteiger partial charge >= 0.3 is 6.03 Å². The van der Waals surface area contributed by atoms with Crippen molar-refractivity contribution >= 4 is 17.5 Å². The molecule has 2 saturated heterocycles. The molecular weight excluding hydrogens is 296 g/mol. The van der Waals surface area contributed by atoms with Crippen molar-refractivity contribution in [1.29, 1.82) is 0 Å². The van der Waals surface area contributed by atoms with Crippen LogP contribution in [0.2, 0.25) is 0 Å². The number of hydrogen-bond donors (Lipinski definition) is 0. The van der Waals surface area contributed by atoms with Crippen molar-refractivity contribution in [2.45, 2.75) is 19.3 Å². The number of hydrogen-bond acceptors (Lipinski definition) is 6. The van der Waals surface area contributed by atoms with Crippen molar-refractivity contribution in [2.24, 2.45) is 0 Å². The summed E-state index contributed by atoms with van der Waals surface area (Å²) < 4.78 is 1.43. The van der Waals surface area contributed by atoms with Crippen molar-refractivity contribution in [3.8, 4) is 0 Å². The van der Waals surface area contributed by atoms with Crippen LogP contribution in [0.15, 0.2) is 12.1 Å². The van der Waals surface area contributed by atoms with Crippen LogP contribution in [-0.4, -0.2) is 80.4 Å². The number of carbonyl (C=O) groups excluding carboxylic acids is 1. The molecule has 2 amide bonds. The first-order valence-electron chi connectivity index (χ1n) is 8.15. The van der Waals surface area contributed by atoms with E-state index in [-0.39, 0.29) is 6.03 Å². The number of likely N-dealkylation sites (tertiary alicyclic amines) is 1. The number of fused-ring (bicyclic) bond motifs is 1. The first-order chi connectivity index (χ1) is 11.3. The first-order valence-corrected chi connectivity index (χ1v) is 8.15. The molecule has 0 aromatic carbocycles. The molecule has 0 bridgehead atoms. The Labute approximate surface area is 133 Å². The zero-order chi connectivity index (χ0) is 15.6. The van der Waals surface area contributed by atoms with Crippen LogP contribution in [0.3, 0.4) is 0 Å². The molecule has 2 aromatic rings. The van der Waals surface area contributed by atoms with E-state index in [1.54, 1.807) is 0 Å². The lowest BCUT2D eigenvalue weighted by Crippen LogP contribution is -2.53. The summed E-state index contributed by atoms with van der Waals surface area (Å²) in [7, 11) is 0. The van der Waals surface area contributed by atoms with Gasteiger partial charge in [-0.1, -0.05) is 0 Å². The second-order valence-corrected chi connectivity index (χ2v) is 6.02. The molecule has 122 valence electrons. The highest BCUT2D eigenvalue weighted by molar-refractivity contribution is 5.75. The maximum Gasteiger partial charge on any atom is 0.320 e. The Hall–Kier alpha value is -2.45. The van der Waals surface area contributed by atoms with Crippen LogP contribution in [-0.2, 0) is 0 Å². The van der Waals surface area contributed by atoms with Crippen molar-refractivity contribution in [3.05, 3.63) is 12.1 Å². The molecule has 0 N–H and O–H groups in total. The number of carbonyl (C=O) groups is 1. The third-order valence-corrected chi connectivity index (χ3v) is 4.56. The number of tetrazole rings is 1. The number of amides is 2. The zero-order valence-electron chi connectivity index (χ0n) is 13.0. The van der Waals surface area contributed by atoms with E-state index in [2.05, 4.69) is 25.5 Å². The number of piperidine rings is 1. The molecular formula is C14H20N8O. The second-order valence-electron chi connectivity index (χ2n) is 6.02. The highest BCUT2D eigenvalue weighted by Crippen LogP contribution is 2.16. The van der Waals surface area contributed by atoms with Crippen molar-refractivity contribution in [1.82, 2.24) is 35.1 Å². The largest absolute Gasteiger partial charge is 0.352 e. The normalized spacial score (nSPS) is 19.4. The summed E-state index contributed by atoms with van der Waals surface area (Å²) in [6.45, 7) is 4.81. The van der Waals surface area contributed by atoms with E-state index >= 15 is 0 Å². The molecule has 4 heterocycles. The van der Waals surface area contributed by atoms with Gasteiger partial charge in [-0.15, -0.1) is 14.8 Å². The monoisotopic (exact) mass is 316 g/mol. The quantitative estimate of drug-likeness (QED) is 0.750. The number of anilines is 1. The van der Waals surface area contributed by atoms with Crippen molar-refractivity contribution in [2.75, 3.05) is 44.2 Å². The second kappa shape index (κ2) is 5.98. The highest BCUT2D eigenvalue weighted by Gasteiger charge is 2.26. The Bertz CT molecular complexity index is 687. The third kappa shape index (κ3) is 2.78. The molecule has 0 unspecified atom stereocenters. The van der Waals surface area contributed by atoms with E-state index in [0.717, 1.165) is 57.9 Å². The topological polar surface area (TPSA) is 82.8 Å². The van der Waals surface area contributed by atoms with E-state index in [1.807, 2.05) is 21.9 Å². The molecule has 2 fully saturated rings. The van der Waals surface area contributed by atoms with Crippen molar-refractivity contribution < 1.29 is 4.79 Å². The summed E-state index contributed by atoms with van der Waals surface area (Å²) in [6, 6.07) is 3.97. The molecule has 9 heteroatoms. The fourth-order valence-electron chi connectivity index (χ4n) is 3.22. The summed E-state index contributed by atoms with van der Waals surface area (Å²) in [5, 5.41) is 15.7. The molecule has 2 aliphatic rings. The molecule has 0 atom stereocenters. The van der Waals surface area contributed by atoms with Gasteiger partial charge in [0, 0.05) is 39.3 Å². The zero-order valence-corrected chi connectivity index (χ0v) is 13.0. The Kier molecular flexibility index (Phi) is 3.68. The van der Waals surface area contributed by atoms with E-state index in [0.29, 0.717) is 5.65 Å². The lowest BCUT2D eigenvalue weighted by Gasteiger charge is -2.38. The average Bonchev–Trinajstić information content (AvgIpc) is 3.10. The minimum atomic E-state index is 0.188. The van der Waals surface area contributed by atoms with Crippen LogP contribution in [0.25, 0.3) is 5.65 Å². The maximum atomic E-state index is 12.5. The molecule has 23 heavy (non-hydrogen) atoms. The Morgan fingerprint density at radius 1 is 0.913 bits per heavy atom. The van der Waals surface area contributed by atoms with E-state index in [4.69, 9.17) is 0 Å². The summed E-state index contributed by atoms with van der Waals surface area (Å²) in [4.78, 5) is 18.6. The van der Waals surface area contributed by atoms with Gasteiger partial charge in [-0.3, -0.25) is 0 Å². The Balaban J connectivity index is 1.39. The number of nitrogens with zero attached hydrogens (tertiary/aromatic N) is 8. The van der Waals surface area contributed by atoms with Gasteiger partial charge in [0.25, 0.3) is 0 Å². The van der Waals surface area contributed by atoms with Gasteiger partial charge in [0.05, 0.1) is 0 Å². The molecule has 0 radical (unpaired) electrons. The van der Waals surface area contributed by atoms with E-state index < -0.39 is 0 Å². The molecule has 0 spiro atoms. The van der Waals surface area contributed by atoms with Crippen molar-refractivity contribution in [3.63, 3.8) is 0 Å². The lowest BCUT2D eigenvalue weighted by molar-refractivity contribution is 0.141. The fourth-order valence-corrected chi connectivity index (χ4v) is 3.22. The summed E-state index contributed by atoms with van der Waals surface area (Å²) in [6.07, 6.45) is 3.49. The third-order valence-electron chi connectivity index (χ3n) is 4.56. The van der Waals surface area contributed by atoms with Gasteiger partial charge < -0.3 is 14.7 Å². The van der Waals surface area contributed by atoms with Crippen LogP contribution >= 0.6 is 0 Å². The van der Waals surface area contributed by atoms with Crippen LogP contribution in [0.1, 0.15) is 19.3 Å². The predicted molar refractivity (Wildman–Crippen MR) is 83.2 cm³/mol. The summed E-state index contributed by atoms with van der Waals surface area (Å²) in [5.41, 5.74) is 0.632. The molecule has 0 saturated carbocycles. The molecule has 2 aliphatic heterocycles. The maximum absolute atomic E-state index is 12.5. The Morgan fingerprint density at radius 3 is 2.43 bits per heavy atom. The van der Waals surface area contributed by atoms with E-state index in [9.17, 15) is 4.79 Å². The Morgan fingerprint density at radius 2 is 1.65 bits per heavy atom. The van der Waals surface area contributed by atoms with Gasteiger partial charge in [-0.05, 0) is 41.8 Å². The van der Waals surface area contributed by atoms with Gasteiger partial charge in [-0.25, -0.2) is 4.79 Å². The molecule has 0 aliphatic carbocycles. The molecule has 2 aromatic heterocycles. The number of rotatable bonds is 1. The first kappa shape index (κ1) is 14.2.